The lowest BCUT2D eigenvalue weighted by atomic mass is 9.93. The molecule has 0 aliphatic rings. The van der Waals surface area contributed by atoms with Crippen LogP contribution in [0, 0.1) is 10.1 Å². The molecule has 33 heavy (non-hydrogen) atoms. The summed E-state index contributed by atoms with van der Waals surface area (Å²) in [6, 6.07) is 26.2. The molecule has 0 aliphatic carbocycles. The first kappa shape index (κ1) is 22.9. The largest absolute Gasteiger partial charge is 0.297 e. The lowest BCUT2D eigenvalue weighted by Gasteiger charge is -2.23. The highest BCUT2D eigenvalue weighted by Crippen LogP contribution is 2.36. The Morgan fingerprint density at radius 2 is 1.64 bits per heavy atom. The summed E-state index contributed by atoms with van der Waals surface area (Å²) in [7, 11) is 0. The third-order valence-electron chi connectivity index (χ3n) is 5.17. The minimum Gasteiger partial charge on any atom is -0.297 e. The van der Waals surface area contributed by atoms with Crippen LogP contribution in [0.2, 0.25) is 0 Å². The third kappa shape index (κ3) is 5.58. The lowest BCUT2D eigenvalue weighted by Crippen LogP contribution is -2.32. The van der Waals surface area contributed by atoms with Crippen molar-refractivity contribution in [2.24, 2.45) is 0 Å². The molecule has 3 aromatic carbocycles. The zero-order chi connectivity index (χ0) is 23.2. The van der Waals surface area contributed by atoms with Gasteiger partial charge in [0.1, 0.15) is 0 Å². The fourth-order valence-electron chi connectivity index (χ4n) is 3.62. The Morgan fingerprint density at radius 3 is 2.27 bits per heavy atom. The quantitative estimate of drug-likeness (QED) is 0.116. The number of nitro groups is 1. The van der Waals surface area contributed by atoms with E-state index in [1.807, 2.05) is 84.9 Å². The maximum Gasteiger partial charge on any atom is 0.212 e. The van der Waals surface area contributed by atoms with Crippen molar-refractivity contribution in [1.82, 2.24) is 9.55 Å². The molecule has 1 heterocycles. The molecule has 4 rings (SSSR count). The maximum atomic E-state index is 13.9. The van der Waals surface area contributed by atoms with E-state index < -0.39 is 11.2 Å². The topological polar surface area (TPSA) is 78.0 Å². The van der Waals surface area contributed by atoms with Crippen molar-refractivity contribution in [1.29, 1.82) is 0 Å². The average molecular weight is 522 g/mol. The van der Waals surface area contributed by atoms with Crippen LogP contribution in [-0.4, -0.2) is 32.1 Å². The molecular formula is C25H20BrN3O3S. The number of halogens is 1. The van der Waals surface area contributed by atoms with Crippen molar-refractivity contribution in [3.05, 3.63) is 123 Å². The number of aromatic nitrogens is 2. The molecule has 0 aliphatic heterocycles. The van der Waals surface area contributed by atoms with Gasteiger partial charge in [-0.2, -0.15) is 0 Å². The number of imidazole rings is 1. The summed E-state index contributed by atoms with van der Waals surface area (Å²) in [4.78, 5) is 30.4. The Morgan fingerprint density at radius 1 is 1.00 bits per heavy atom. The van der Waals surface area contributed by atoms with E-state index in [4.69, 9.17) is 0 Å². The highest BCUT2D eigenvalue weighted by molar-refractivity contribution is 9.10. The highest BCUT2D eigenvalue weighted by atomic mass is 79.9. The number of rotatable bonds is 9. The van der Waals surface area contributed by atoms with Gasteiger partial charge in [-0.3, -0.25) is 19.5 Å². The van der Waals surface area contributed by atoms with Crippen LogP contribution in [0.4, 0.5) is 0 Å². The van der Waals surface area contributed by atoms with Crippen molar-refractivity contribution in [3.63, 3.8) is 0 Å². The molecule has 0 amide bonds. The molecule has 4 aromatic rings. The van der Waals surface area contributed by atoms with Gasteiger partial charge < -0.3 is 0 Å². The van der Waals surface area contributed by atoms with Crippen LogP contribution in [0.1, 0.15) is 22.1 Å². The zero-order valence-electron chi connectivity index (χ0n) is 17.5. The Hall–Kier alpha value is -3.23. The first-order chi connectivity index (χ1) is 16.0. The minimum atomic E-state index is -0.746. The Balaban J connectivity index is 1.79. The second-order valence-electron chi connectivity index (χ2n) is 7.35. The van der Waals surface area contributed by atoms with E-state index in [0.717, 1.165) is 20.6 Å². The number of carbonyl (C=O) groups excluding carboxylic acids is 1. The summed E-state index contributed by atoms with van der Waals surface area (Å²) >= 11 is 4.74. The number of para-hydroxylation sites is 1. The van der Waals surface area contributed by atoms with Gasteiger partial charge in [-0.05, 0) is 42.0 Å². The van der Waals surface area contributed by atoms with E-state index >= 15 is 0 Å². The fourth-order valence-corrected chi connectivity index (χ4v) is 5.11. The van der Waals surface area contributed by atoms with Crippen molar-refractivity contribution < 1.29 is 9.72 Å². The maximum absolute atomic E-state index is 13.9. The fraction of sp³-hybridized carbons (Fsp3) is 0.120. The number of hydrogen-bond acceptors (Lipinski definition) is 5. The van der Waals surface area contributed by atoms with Gasteiger partial charge in [0.25, 0.3) is 0 Å². The second kappa shape index (κ2) is 10.6. The van der Waals surface area contributed by atoms with E-state index in [1.54, 1.807) is 17.0 Å². The second-order valence-corrected chi connectivity index (χ2v) is 9.48. The van der Waals surface area contributed by atoms with Crippen LogP contribution in [0.3, 0.4) is 0 Å². The molecule has 0 spiro atoms. The number of thioether (sulfide) groups is 1. The van der Waals surface area contributed by atoms with Crippen molar-refractivity contribution in [3.8, 4) is 5.69 Å². The van der Waals surface area contributed by atoms with Gasteiger partial charge in [0.05, 0.1) is 11.2 Å². The molecule has 1 aromatic heterocycles. The lowest BCUT2D eigenvalue weighted by molar-refractivity contribution is -0.483. The molecule has 0 saturated carbocycles. The van der Waals surface area contributed by atoms with Crippen molar-refractivity contribution in [2.45, 2.75) is 16.1 Å². The van der Waals surface area contributed by atoms with E-state index in [2.05, 4.69) is 20.9 Å². The monoisotopic (exact) mass is 521 g/mol. The molecule has 166 valence electrons. The van der Waals surface area contributed by atoms with Gasteiger partial charge in [-0.15, -0.1) is 11.8 Å². The number of Topliss-reactive ketones (excluding diaryl/α,β-unsaturated/α-hetero) is 1. The summed E-state index contributed by atoms with van der Waals surface area (Å²) in [6.45, 7) is -0.371. The van der Waals surface area contributed by atoms with Crippen molar-refractivity contribution >= 4 is 33.5 Å². The molecule has 0 unspecified atom stereocenters. The normalized spacial score (nSPS) is 12.8. The molecule has 0 radical (unpaired) electrons. The molecule has 8 heteroatoms. The van der Waals surface area contributed by atoms with Crippen LogP contribution < -0.4 is 0 Å². The number of benzene rings is 3. The van der Waals surface area contributed by atoms with E-state index in [-0.39, 0.29) is 23.1 Å². The SMILES string of the molecule is O=C(c1nccn1-c1ccccc1)[C@@H](Sc1ccccc1)[C@H](C[N+](=O)[O-])c1ccc(Br)cc1. The number of carbonyl (C=O) groups is 1. The Bertz CT molecular complexity index is 1230. The molecule has 0 saturated heterocycles. The van der Waals surface area contributed by atoms with Gasteiger partial charge in [0, 0.05) is 32.4 Å². The first-order valence-corrected chi connectivity index (χ1v) is 11.9. The molecule has 0 fully saturated rings. The summed E-state index contributed by atoms with van der Waals surface area (Å²) in [5, 5.41) is 10.9. The molecule has 0 N–H and O–H groups in total. The molecule has 6 nitrogen and oxygen atoms in total. The highest BCUT2D eigenvalue weighted by Gasteiger charge is 2.37. The van der Waals surface area contributed by atoms with Crippen LogP contribution in [-0.2, 0) is 0 Å². The van der Waals surface area contributed by atoms with Crippen LogP contribution in [0.15, 0.2) is 107 Å². The smallest absolute Gasteiger partial charge is 0.212 e. The summed E-state index contributed by atoms with van der Waals surface area (Å²) in [5.41, 5.74) is 1.53. The molecule has 0 bridgehead atoms. The number of nitrogens with zero attached hydrogens (tertiary/aromatic N) is 3. The third-order valence-corrected chi connectivity index (χ3v) is 7.04. The van der Waals surface area contributed by atoms with E-state index in [0.29, 0.717) is 0 Å². The van der Waals surface area contributed by atoms with Gasteiger partial charge in [0.2, 0.25) is 12.3 Å². The van der Waals surface area contributed by atoms with Gasteiger partial charge >= 0.3 is 0 Å². The summed E-state index contributed by atoms with van der Waals surface area (Å²) < 4.78 is 2.59. The van der Waals surface area contributed by atoms with Crippen molar-refractivity contribution in [2.75, 3.05) is 6.54 Å². The number of ketones is 1. The number of hydrogen-bond donors (Lipinski definition) is 0. The van der Waals surface area contributed by atoms with Crippen LogP contribution >= 0.6 is 27.7 Å². The predicted octanol–water partition coefficient (Wildman–Crippen LogP) is 6.04. The van der Waals surface area contributed by atoms with Gasteiger partial charge in [-0.1, -0.05) is 64.5 Å². The molecular weight excluding hydrogens is 502 g/mol. The van der Waals surface area contributed by atoms with E-state index in [1.165, 1.54) is 11.8 Å². The first-order valence-electron chi connectivity index (χ1n) is 10.2. The minimum absolute atomic E-state index is 0.250. The zero-order valence-corrected chi connectivity index (χ0v) is 19.9. The standard InChI is InChI=1S/C25H20BrN3O3S/c26-19-13-11-18(12-14-19)22(17-29(31)32)24(33-21-9-5-2-6-10-21)23(30)25-27-15-16-28(25)20-7-3-1-4-8-20/h1-16,22,24H,17H2/t22-,24+/m1/s1. The van der Waals surface area contributed by atoms with Gasteiger partial charge in [-0.25, -0.2) is 4.98 Å². The molecule has 2 atom stereocenters. The summed E-state index contributed by atoms with van der Waals surface area (Å²) in [5.74, 6) is -0.653. The average Bonchev–Trinajstić information content (AvgIpc) is 3.33. The van der Waals surface area contributed by atoms with Gasteiger partial charge in [0.15, 0.2) is 5.82 Å². The van der Waals surface area contributed by atoms with Crippen LogP contribution in [0.5, 0.6) is 0 Å². The Kier molecular flexibility index (Phi) is 7.36. The summed E-state index contributed by atoms with van der Waals surface area (Å²) in [6.07, 6.45) is 3.31. The Labute approximate surface area is 204 Å². The van der Waals surface area contributed by atoms with E-state index in [9.17, 15) is 14.9 Å². The predicted molar refractivity (Wildman–Crippen MR) is 133 cm³/mol. The van der Waals surface area contributed by atoms with Crippen LogP contribution in [0.25, 0.3) is 5.69 Å².